The molecule has 21 heavy (non-hydrogen) atoms. The number of sulfonamides is 1. The van der Waals surface area contributed by atoms with E-state index in [9.17, 15) is 8.42 Å². The third kappa shape index (κ3) is 4.14. The van der Waals surface area contributed by atoms with Crippen LogP contribution >= 0.6 is 11.3 Å². The van der Waals surface area contributed by atoms with Gasteiger partial charge in [-0.15, -0.1) is 11.3 Å². The van der Waals surface area contributed by atoms with Crippen LogP contribution in [-0.4, -0.2) is 15.5 Å². The maximum absolute atomic E-state index is 11.8. The Balaban J connectivity index is 2.09. The van der Waals surface area contributed by atoms with E-state index >= 15 is 0 Å². The van der Waals surface area contributed by atoms with E-state index in [1.54, 1.807) is 29.5 Å². The molecular formula is C15H20N2O2S2. The Morgan fingerprint density at radius 3 is 2.62 bits per heavy atom. The predicted octanol–water partition coefficient (Wildman–Crippen LogP) is 2.82. The van der Waals surface area contributed by atoms with Gasteiger partial charge in [0.1, 0.15) is 0 Å². The maximum Gasteiger partial charge on any atom is 0.240 e. The van der Waals surface area contributed by atoms with Crippen LogP contribution in [0.25, 0.3) is 0 Å². The van der Waals surface area contributed by atoms with Crippen LogP contribution in [0.5, 0.6) is 0 Å². The fourth-order valence-electron chi connectivity index (χ4n) is 2.02. The minimum absolute atomic E-state index is 0.0828. The minimum atomic E-state index is -3.39. The zero-order valence-electron chi connectivity index (χ0n) is 12.4. The molecule has 0 saturated carbocycles. The second kappa shape index (κ2) is 6.70. The van der Waals surface area contributed by atoms with Gasteiger partial charge in [0.05, 0.1) is 4.90 Å². The normalized spacial score (nSPS) is 13.3. The molecule has 0 fully saturated rings. The molecule has 1 heterocycles. The molecule has 0 bridgehead atoms. The van der Waals surface area contributed by atoms with Crippen molar-refractivity contribution in [3.63, 3.8) is 0 Å². The van der Waals surface area contributed by atoms with Crippen molar-refractivity contribution in [2.45, 2.75) is 31.3 Å². The van der Waals surface area contributed by atoms with E-state index in [0.717, 1.165) is 12.1 Å². The number of nitrogens with one attached hydrogen (secondary N) is 2. The summed E-state index contributed by atoms with van der Waals surface area (Å²) < 4.78 is 26.0. The highest BCUT2D eigenvalue weighted by Crippen LogP contribution is 2.19. The highest BCUT2D eigenvalue weighted by molar-refractivity contribution is 7.89. The monoisotopic (exact) mass is 324 g/mol. The molecule has 2 rings (SSSR count). The van der Waals surface area contributed by atoms with Gasteiger partial charge in [-0.25, -0.2) is 13.1 Å². The van der Waals surface area contributed by atoms with Gasteiger partial charge in [-0.2, -0.15) is 0 Å². The average Bonchev–Trinajstić information content (AvgIpc) is 2.90. The van der Waals surface area contributed by atoms with Gasteiger partial charge in [-0.05, 0) is 50.7 Å². The molecular weight excluding hydrogens is 304 g/mol. The number of aryl methyl sites for hydroxylation is 1. The number of hydrogen-bond acceptors (Lipinski definition) is 4. The van der Waals surface area contributed by atoms with Crippen LogP contribution in [-0.2, 0) is 16.6 Å². The van der Waals surface area contributed by atoms with E-state index in [4.69, 9.17) is 0 Å². The summed E-state index contributed by atoms with van der Waals surface area (Å²) in [5, 5.41) is 3.42. The molecule has 0 spiro atoms. The van der Waals surface area contributed by atoms with Crippen molar-refractivity contribution in [2.24, 2.45) is 0 Å². The lowest BCUT2D eigenvalue weighted by Crippen LogP contribution is -2.20. The van der Waals surface area contributed by atoms with Crippen LogP contribution in [0.4, 0.5) is 0 Å². The van der Waals surface area contributed by atoms with Crippen molar-refractivity contribution in [2.75, 3.05) is 7.05 Å². The molecule has 1 aromatic heterocycles. The molecule has 4 nitrogen and oxygen atoms in total. The predicted molar refractivity (Wildman–Crippen MR) is 87.0 cm³/mol. The topological polar surface area (TPSA) is 58.2 Å². The molecule has 2 N–H and O–H groups in total. The number of rotatable bonds is 6. The maximum atomic E-state index is 11.8. The average molecular weight is 324 g/mol. The van der Waals surface area contributed by atoms with E-state index in [1.165, 1.54) is 16.8 Å². The van der Waals surface area contributed by atoms with Gasteiger partial charge in [-0.1, -0.05) is 12.1 Å². The van der Waals surface area contributed by atoms with Gasteiger partial charge in [0.25, 0.3) is 0 Å². The molecule has 0 aliphatic rings. The quantitative estimate of drug-likeness (QED) is 0.859. The Bertz CT molecular complexity index is 708. The molecule has 0 saturated heterocycles. The molecule has 6 heteroatoms. The molecule has 1 atom stereocenters. The summed E-state index contributed by atoms with van der Waals surface area (Å²) in [6, 6.07) is 11.3. The fraction of sp³-hybridized carbons (Fsp3) is 0.333. The number of hydrogen-bond donors (Lipinski definition) is 2. The Labute approximate surface area is 130 Å². The molecule has 0 amide bonds. The summed E-state index contributed by atoms with van der Waals surface area (Å²) in [5.74, 6) is 0. The lowest BCUT2D eigenvalue weighted by Gasteiger charge is -2.14. The van der Waals surface area contributed by atoms with Crippen LogP contribution < -0.4 is 10.0 Å². The zero-order valence-corrected chi connectivity index (χ0v) is 14.0. The van der Waals surface area contributed by atoms with Crippen molar-refractivity contribution >= 4 is 21.4 Å². The summed E-state index contributed by atoms with van der Waals surface area (Å²) in [5.41, 5.74) is 0.958. The SMILES string of the molecule is CNS(=O)(=O)c1cccc(C(C)NCc2ccc(C)s2)c1. The van der Waals surface area contributed by atoms with Crippen LogP contribution in [0.1, 0.15) is 28.3 Å². The van der Waals surface area contributed by atoms with Crippen molar-refractivity contribution in [3.05, 3.63) is 51.7 Å². The van der Waals surface area contributed by atoms with Crippen molar-refractivity contribution in [3.8, 4) is 0 Å². The van der Waals surface area contributed by atoms with Gasteiger partial charge in [0.2, 0.25) is 10.0 Å². The Hall–Kier alpha value is -1.21. The Kier molecular flexibility index (Phi) is 5.16. The van der Waals surface area contributed by atoms with Crippen LogP contribution in [0.15, 0.2) is 41.3 Å². The summed E-state index contributed by atoms with van der Waals surface area (Å²) in [6.45, 7) is 4.90. The number of benzene rings is 1. The standard InChI is InChI=1S/C15H20N2O2S2/c1-11-7-8-14(20-11)10-17-12(2)13-5-4-6-15(9-13)21(18,19)16-3/h4-9,12,16-17H,10H2,1-3H3. The minimum Gasteiger partial charge on any atom is -0.305 e. The van der Waals surface area contributed by atoms with Gasteiger partial charge in [-0.3, -0.25) is 0 Å². The fourth-order valence-corrected chi connectivity index (χ4v) is 3.65. The third-order valence-electron chi connectivity index (χ3n) is 3.32. The van der Waals surface area contributed by atoms with E-state index in [0.29, 0.717) is 4.90 Å². The first-order valence-electron chi connectivity index (χ1n) is 6.74. The lowest BCUT2D eigenvalue weighted by atomic mass is 10.1. The van der Waals surface area contributed by atoms with E-state index in [2.05, 4.69) is 29.1 Å². The molecule has 1 unspecified atom stereocenters. The first-order valence-corrected chi connectivity index (χ1v) is 9.04. The molecule has 0 radical (unpaired) electrons. The Morgan fingerprint density at radius 1 is 1.24 bits per heavy atom. The molecule has 0 aliphatic heterocycles. The molecule has 0 aliphatic carbocycles. The molecule has 1 aromatic carbocycles. The van der Waals surface area contributed by atoms with Crippen LogP contribution in [0.2, 0.25) is 0 Å². The van der Waals surface area contributed by atoms with E-state index < -0.39 is 10.0 Å². The van der Waals surface area contributed by atoms with Gasteiger partial charge in [0, 0.05) is 22.3 Å². The van der Waals surface area contributed by atoms with Gasteiger partial charge < -0.3 is 5.32 Å². The van der Waals surface area contributed by atoms with Crippen molar-refractivity contribution < 1.29 is 8.42 Å². The van der Waals surface area contributed by atoms with Crippen LogP contribution in [0, 0.1) is 6.92 Å². The summed E-state index contributed by atoms with van der Waals surface area (Å²) in [4.78, 5) is 2.86. The van der Waals surface area contributed by atoms with E-state index in [1.807, 2.05) is 13.0 Å². The van der Waals surface area contributed by atoms with Gasteiger partial charge >= 0.3 is 0 Å². The highest BCUT2D eigenvalue weighted by atomic mass is 32.2. The van der Waals surface area contributed by atoms with Crippen LogP contribution in [0.3, 0.4) is 0 Å². The Morgan fingerprint density at radius 2 is 2.00 bits per heavy atom. The molecule has 2 aromatic rings. The summed E-state index contributed by atoms with van der Waals surface area (Å²) >= 11 is 1.77. The smallest absolute Gasteiger partial charge is 0.240 e. The van der Waals surface area contributed by atoms with Crippen molar-refractivity contribution in [1.82, 2.24) is 10.0 Å². The van der Waals surface area contributed by atoms with Crippen molar-refractivity contribution in [1.29, 1.82) is 0 Å². The highest BCUT2D eigenvalue weighted by Gasteiger charge is 2.13. The largest absolute Gasteiger partial charge is 0.305 e. The second-order valence-electron chi connectivity index (χ2n) is 4.89. The number of thiophene rings is 1. The second-order valence-corrected chi connectivity index (χ2v) is 8.15. The van der Waals surface area contributed by atoms with Gasteiger partial charge in [0.15, 0.2) is 0 Å². The zero-order chi connectivity index (χ0) is 15.5. The third-order valence-corrected chi connectivity index (χ3v) is 5.73. The molecule has 114 valence electrons. The first kappa shape index (κ1) is 16.2. The van der Waals surface area contributed by atoms with E-state index in [-0.39, 0.29) is 6.04 Å². The lowest BCUT2D eigenvalue weighted by molar-refractivity contribution is 0.574. The summed E-state index contributed by atoms with van der Waals surface area (Å²) in [7, 11) is -1.97. The summed E-state index contributed by atoms with van der Waals surface area (Å²) in [6.07, 6.45) is 0. The first-order chi connectivity index (χ1) is 9.92.